The van der Waals surface area contributed by atoms with Crippen LogP contribution in [0.2, 0.25) is 0 Å². The first-order valence-corrected chi connectivity index (χ1v) is 9.50. The van der Waals surface area contributed by atoms with Crippen molar-refractivity contribution in [1.29, 1.82) is 0 Å². The van der Waals surface area contributed by atoms with Gasteiger partial charge >= 0.3 is 0 Å². The summed E-state index contributed by atoms with van der Waals surface area (Å²) in [6.45, 7) is 0. The molecule has 3 rings (SSSR count). The zero-order chi connectivity index (χ0) is 19.2. The minimum absolute atomic E-state index is 0.0129. The number of phenolic OH excluding ortho intramolecular Hbond substituents is 3. The van der Waals surface area contributed by atoms with Gasteiger partial charge in [0.1, 0.15) is 14.3 Å². The van der Waals surface area contributed by atoms with Gasteiger partial charge in [-0.2, -0.15) is 0 Å². The molecule has 0 saturated carbocycles. The molecule has 0 unspecified atom stereocenters. The summed E-state index contributed by atoms with van der Waals surface area (Å²) in [4.78, 5) is 12.9. The Hall–Kier alpha value is -1.43. The van der Waals surface area contributed by atoms with E-state index in [9.17, 15) is 20.1 Å². The molecule has 1 aromatic heterocycles. The Balaban J connectivity index is 2.50. The van der Waals surface area contributed by atoms with Crippen LogP contribution in [-0.4, -0.2) is 15.3 Å². The molecule has 26 heavy (non-hydrogen) atoms. The van der Waals surface area contributed by atoms with Gasteiger partial charge in [-0.1, -0.05) is 0 Å². The first kappa shape index (κ1) is 19.3. The molecule has 0 aliphatic rings. The second kappa shape index (κ2) is 7.29. The van der Waals surface area contributed by atoms with Crippen molar-refractivity contribution in [1.82, 2.24) is 0 Å². The molecule has 136 valence electrons. The van der Waals surface area contributed by atoms with Crippen LogP contribution < -0.4 is 13.1 Å². The lowest BCUT2D eigenvalue weighted by atomic mass is 10.1. The van der Waals surface area contributed by atoms with Crippen LogP contribution in [0.15, 0.2) is 36.4 Å². The van der Waals surface area contributed by atoms with Crippen molar-refractivity contribution in [2.45, 2.75) is 0 Å². The predicted molar refractivity (Wildman–Crippen MR) is 107 cm³/mol. The van der Waals surface area contributed by atoms with E-state index in [-0.39, 0.29) is 54.2 Å². The molecule has 0 radical (unpaired) electrons. The molecule has 2 aromatic carbocycles. The van der Waals surface area contributed by atoms with Crippen molar-refractivity contribution >= 4 is 75.3 Å². The van der Waals surface area contributed by atoms with E-state index < -0.39 is 11.2 Å². The van der Waals surface area contributed by atoms with E-state index in [1.165, 1.54) is 18.2 Å². The third-order valence-corrected chi connectivity index (χ3v) is 5.62. The third kappa shape index (κ3) is 2.96. The summed E-state index contributed by atoms with van der Waals surface area (Å²) in [5.41, 5.74) is -0.369. The highest BCUT2D eigenvalue weighted by Gasteiger charge is 2.27. The standard InChI is InChI=1S/C15H6Br4O7/c16-8-11(23)9(17)14(25-18)7-10(22)15(26-19)12(24-13(7)8)4-1-2-5(20)6(21)3-4/h1-3,20-21,23H. The minimum atomic E-state index is -0.610. The third-order valence-electron chi connectivity index (χ3n) is 3.50. The molecular formula is C15H6Br4O7. The number of rotatable bonds is 3. The Kier molecular flexibility index (Phi) is 5.42. The maximum atomic E-state index is 12.9. The first-order valence-electron chi connectivity index (χ1n) is 6.62. The van der Waals surface area contributed by atoms with Crippen LogP contribution in [0.3, 0.4) is 0 Å². The summed E-state index contributed by atoms with van der Waals surface area (Å²) in [7, 11) is 0. The average molecular weight is 618 g/mol. The van der Waals surface area contributed by atoms with Gasteiger partial charge in [0.2, 0.25) is 11.2 Å². The van der Waals surface area contributed by atoms with Gasteiger partial charge in [0.15, 0.2) is 66.9 Å². The summed E-state index contributed by atoms with van der Waals surface area (Å²) in [5.74, 6) is -1.28. The summed E-state index contributed by atoms with van der Waals surface area (Å²) >= 11 is 11.9. The van der Waals surface area contributed by atoms with E-state index in [0.717, 1.165) is 0 Å². The highest BCUT2D eigenvalue weighted by Crippen LogP contribution is 2.48. The second-order valence-electron chi connectivity index (χ2n) is 4.96. The Morgan fingerprint density at radius 1 is 0.923 bits per heavy atom. The monoisotopic (exact) mass is 614 g/mol. The highest BCUT2D eigenvalue weighted by atomic mass is 79.9. The van der Waals surface area contributed by atoms with E-state index in [1.54, 1.807) is 0 Å². The summed E-state index contributed by atoms with van der Waals surface area (Å²) in [6, 6.07) is 3.85. The SMILES string of the molecule is O=c1c(OBr)c(-c2ccc(O)c(O)c2)oc2c(Br)c(O)c(Br)c(OBr)c12. The van der Waals surface area contributed by atoms with Crippen LogP contribution >= 0.6 is 64.4 Å². The number of benzene rings is 2. The first-order chi connectivity index (χ1) is 12.3. The van der Waals surface area contributed by atoms with Gasteiger partial charge in [-0.3, -0.25) is 4.79 Å². The number of hydrogen-bond acceptors (Lipinski definition) is 7. The van der Waals surface area contributed by atoms with Crippen LogP contribution in [0, 0.1) is 0 Å². The van der Waals surface area contributed by atoms with Gasteiger partial charge < -0.3 is 27.4 Å². The molecule has 0 spiro atoms. The van der Waals surface area contributed by atoms with Crippen LogP contribution in [0.5, 0.6) is 28.7 Å². The Morgan fingerprint density at radius 2 is 1.58 bits per heavy atom. The van der Waals surface area contributed by atoms with Gasteiger partial charge in [-0.05, 0) is 50.1 Å². The fourth-order valence-corrected chi connectivity index (χ4v) is 4.35. The maximum Gasteiger partial charge on any atom is 0.240 e. The van der Waals surface area contributed by atoms with Gasteiger partial charge in [-0.15, -0.1) is 0 Å². The fraction of sp³-hybridized carbons (Fsp3) is 0. The average Bonchev–Trinajstić information content (AvgIpc) is 2.63. The van der Waals surface area contributed by atoms with Gasteiger partial charge in [0, 0.05) is 5.56 Å². The van der Waals surface area contributed by atoms with Crippen LogP contribution in [0.1, 0.15) is 0 Å². The zero-order valence-electron chi connectivity index (χ0n) is 12.2. The summed E-state index contributed by atoms with van der Waals surface area (Å²) in [5, 5.41) is 29.4. The quantitative estimate of drug-likeness (QED) is 0.334. The summed E-state index contributed by atoms with van der Waals surface area (Å²) < 4.78 is 16.1. The number of fused-ring (bicyclic) bond motifs is 1. The van der Waals surface area contributed by atoms with Crippen LogP contribution in [-0.2, 0) is 0 Å². The molecule has 11 heteroatoms. The fourth-order valence-electron chi connectivity index (χ4n) is 2.30. The van der Waals surface area contributed by atoms with E-state index >= 15 is 0 Å². The van der Waals surface area contributed by atoms with Gasteiger partial charge in [-0.25, -0.2) is 0 Å². The molecule has 1 heterocycles. The predicted octanol–water partition coefficient (Wildman–Crippen LogP) is 5.48. The molecule has 0 aliphatic heterocycles. The number of hydrogen-bond donors (Lipinski definition) is 3. The molecule has 0 bridgehead atoms. The molecule has 3 aromatic rings. The molecule has 0 saturated heterocycles. The van der Waals surface area contributed by atoms with E-state index in [0.29, 0.717) is 0 Å². The molecule has 3 N–H and O–H groups in total. The van der Waals surface area contributed by atoms with Crippen molar-refractivity contribution in [2.24, 2.45) is 0 Å². The Morgan fingerprint density at radius 3 is 2.15 bits per heavy atom. The van der Waals surface area contributed by atoms with Crippen LogP contribution in [0.4, 0.5) is 0 Å². The van der Waals surface area contributed by atoms with Crippen molar-refractivity contribution in [3.63, 3.8) is 0 Å². The van der Waals surface area contributed by atoms with Gasteiger partial charge in [0.05, 0.1) is 0 Å². The molecule has 0 atom stereocenters. The Bertz CT molecular complexity index is 1090. The van der Waals surface area contributed by atoms with E-state index in [4.69, 9.17) is 12.1 Å². The Labute approximate surface area is 179 Å². The molecular weight excluding hydrogens is 612 g/mol. The van der Waals surface area contributed by atoms with Crippen molar-refractivity contribution in [3.05, 3.63) is 37.4 Å². The maximum absolute atomic E-state index is 12.9. The molecule has 7 nitrogen and oxygen atoms in total. The number of aromatic hydroxyl groups is 3. The van der Waals surface area contributed by atoms with Gasteiger partial charge in [0.25, 0.3) is 0 Å². The normalized spacial score (nSPS) is 10.9. The van der Waals surface area contributed by atoms with Crippen molar-refractivity contribution in [2.75, 3.05) is 0 Å². The highest BCUT2D eigenvalue weighted by molar-refractivity contribution is 9.11. The minimum Gasteiger partial charge on any atom is -0.505 e. The van der Waals surface area contributed by atoms with Crippen LogP contribution in [0.25, 0.3) is 22.3 Å². The smallest absolute Gasteiger partial charge is 0.240 e. The van der Waals surface area contributed by atoms with E-state index in [1.807, 2.05) is 0 Å². The number of phenols is 3. The molecule has 0 aliphatic carbocycles. The lowest BCUT2D eigenvalue weighted by Gasteiger charge is -2.13. The largest absolute Gasteiger partial charge is 0.505 e. The summed E-state index contributed by atoms with van der Waals surface area (Å²) in [6.07, 6.45) is 0. The second-order valence-corrected chi connectivity index (χ2v) is 7.19. The van der Waals surface area contributed by atoms with E-state index in [2.05, 4.69) is 64.4 Å². The topological polar surface area (TPSA) is 109 Å². The van der Waals surface area contributed by atoms with Crippen molar-refractivity contribution in [3.8, 4) is 40.1 Å². The lowest BCUT2D eigenvalue weighted by Crippen LogP contribution is -2.07. The number of halogens is 4. The zero-order valence-corrected chi connectivity index (χ0v) is 18.6. The lowest BCUT2D eigenvalue weighted by molar-refractivity contribution is 0.403. The molecule has 0 amide bonds. The molecule has 0 fully saturated rings. The van der Waals surface area contributed by atoms with Crippen molar-refractivity contribution < 1.29 is 27.4 Å².